The zero-order chi connectivity index (χ0) is 56.6. The van der Waals surface area contributed by atoms with Crippen LogP contribution in [0.4, 0.5) is 0 Å². The van der Waals surface area contributed by atoms with Crippen molar-refractivity contribution >= 4 is 37.2 Å². The van der Waals surface area contributed by atoms with Crippen LogP contribution in [0.5, 0.6) is 0 Å². The maximum Gasteiger partial charge on any atom is 0 e. The molecule has 0 spiro atoms. The number of halogens is 2. The summed E-state index contributed by atoms with van der Waals surface area (Å²) in [5.74, 6) is 18.6. The number of rotatable bonds is 0. The molecule has 11 fully saturated rings. The fourth-order valence-corrected chi connectivity index (χ4v) is 17.8. The van der Waals surface area contributed by atoms with Crippen molar-refractivity contribution in [3.8, 4) is 0 Å². The van der Waals surface area contributed by atoms with E-state index >= 15 is 0 Å². The highest BCUT2D eigenvalue weighted by molar-refractivity contribution is 15.0. The van der Waals surface area contributed by atoms with Gasteiger partial charge < -0.3 is 0 Å². The lowest BCUT2D eigenvalue weighted by Gasteiger charge is -2.54. The Labute approximate surface area is 492 Å². The molecule has 0 heterocycles. The average Bonchev–Trinajstić information content (AvgIpc) is 4.03. The second-order valence-corrected chi connectivity index (χ2v) is 21.4. The maximum atomic E-state index is 2.12. The van der Waals surface area contributed by atoms with Gasteiger partial charge in [0.05, 0.1) is 0 Å². The minimum Gasteiger partial charge on any atom is -0.0683 e. The van der Waals surface area contributed by atoms with E-state index in [9.17, 15) is 0 Å². The van der Waals surface area contributed by atoms with E-state index in [2.05, 4.69) is 37.2 Å². The minimum absolute atomic E-state index is 1.15. The summed E-state index contributed by atoms with van der Waals surface area (Å²) in [5, 5.41) is 0. The quantitative estimate of drug-likeness (QED) is 0.212. The highest BCUT2D eigenvalue weighted by Gasteiger charge is 2.49. The molecule has 0 aliphatic heterocycles. The second kappa shape index (κ2) is 56.7. The average molecular weight is 1260 g/mol. The third-order valence-corrected chi connectivity index (χ3v) is 19.8. The Bertz CT molecular complexity index is 988. The van der Waals surface area contributed by atoms with Crippen LogP contribution in [0.3, 0.4) is 0 Å². The summed E-state index contributed by atoms with van der Waals surface area (Å²) < 4.78 is 0. The van der Waals surface area contributed by atoms with Crippen LogP contribution in [0.1, 0.15) is 364 Å². The zero-order valence-corrected chi connectivity index (χ0v) is 59.6. The molecule has 73 heavy (non-hydrogen) atoms. The largest absolute Gasteiger partial charge is 0.0683 e. The SMILES string of the molecule is C1CCC2C(C1)CCC1C3CCCC3CCC21.C1CCC2C(C1)CCC1C3CCCCC3CCC21.C1CCC2C(C1)CCC1CCCCC12.CC.CC.CC.CC.CC.CC.CC.CC.CC.CC.CC.II. The van der Waals surface area contributed by atoms with Gasteiger partial charge in [0.15, 0.2) is 0 Å². The van der Waals surface area contributed by atoms with Crippen LogP contribution in [-0.2, 0) is 0 Å². The van der Waals surface area contributed by atoms with Crippen molar-refractivity contribution in [1.82, 2.24) is 0 Å². The van der Waals surface area contributed by atoms with E-state index in [1.54, 1.807) is 212 Å². The first-order chi connectivity index (χ1) is 36.3. The Morgan fingerprint density at radius 2 is 0.260 bits per heavy atom. The number of hydrogen-bond donors (Lipinski definition) is 0. The smallest absolute Gasteiger partial charge is 0 e. The first-order valence-electron chi connectivity index (χ1n) is 35.5. The summed E-state index contributed by atoms with van der Waals surface area (Å²) in [6, 6.07) is 0. The second-order valence-electron chi connectivity index (χ2n) is 21.4. The Morgan fingerprint density at radius 3 is 0.452 bits per heavy atom. The van der Waals surface area contributed by atoms with Gasteiger partial charge >= 0.3 is 0 Å². The minimum atomic E-state index is 1.15. The molecule has 0 N–H and O–H groups in total. The normalized spacial score (nSPS) is 35.5. The van der Waals surface area contributed by atoms with E-state index in [4.69, 9.17) is 0 Å². The molecule has 0 aromatic carbocycles. The summed E-state index contributed by atoms with van der Waals surface area (Å²) in [7, 11) is 0. The van der Waals surface area contributed by atoms with E-state index in [0.717, 1.165) is 35.5 Å². The van der Waals surface area contributed by atoms with Crippen molar-refractivity contribution in [2.24, 2.45) is 94.7 Å². The van der Waals surface area contributed by atoms with Gasteiger partial charge in [0.2, 0.25) is 0 Å². The van der Waals surface area contributed by atoms with Gasteiger partial charge in [-0.1, -0.05) is 261 Å². The fraction of sp³-hybridized carbons (Fsp3) is 1.00. The van der Waals surface area contributed by atoms with Crippen LogP contribution >= 0.6 is 37.2 Å². The topological polar surface area (TPSA) is 0 Å². The Hall–Kier alpha value is 1.46. The molecule has 11 aliphatic rings. The van der Waals surface area contributed by atoms with E-state index < -0.39 is 0 Å². The third-order valence-electron chi connectivity index (χ3n) is 19.8. The molecule has 16 unspecified atom stereocenters. The van der Waals surface area contributed by atoms with Crippen LogP contribution in [0.15, 0.2) is 0 Å². The van der Waals surface area contributed by atoms with E-state index in [1.807, 2.05) is 152 Å². The monoisotopic (exact) mass is 1250 g/mol. The Kier molecular flexibility index (Phi) is 62.9. The molecule has 0 amide bonds. The van der Waals surface area contributed by atoms with Gasteiger partial charge in [-0.3, -0.25) is 0 Å². The molecule has 0 radical (unpaired) electrons. The predicted molar refractivity (Wildman–Crippen MR) is 361 cm³/mol. The maximum absolute atomic E-state index is 2.12. The number of hydrogen-bond acceptors (Lipinski definition) is 0. The fourth-order valence-electron chi connectivity index (χ4n) is 17.8. The molecule has 446 valence electrons. The van der Waals surface area contributed by atoms with Crippen molar-refractivity contribution in [3.05, 3.63) is 0 Å². The molecular weight excluding hydrogens is 1110 g/mol. The molecule has 0 nitrogen and oxygen atoms in total. The highest BCUT2D eigenvalue weighted by Crippen LogP contribution is 2.59. The molecule has 2 heteroatoms. The first-order valence-corrected chi connectivity index (χ1v) is 41.7. The van der Waals surface area contributed by atoms with Gasteiger partial charge in [0.25, 0.3) is 0 Å². The van der Waals surface area contributed by atoms with Crippen molar-refractivity contribution in [1.29, 1.82) is 0 Å². The molecule has 11 rings (SSSR count). The van der Waals surface area contributed by atoms with Crippen LogP contribution in [0.2, 0.25) is 0 Å². The van der Waals surface area contributed by atoms with E-state index in [0.29, 0.717) is 0 Å². The van der Waals surface area contributed by atoms with Gasteiger partial charge in [-0.25, -0.2) is 0 Å². The molecule has 0 aromatic heterocycles. The Balaban J connectivity index is -0.000000407. The van der Waals surface area contributed by atoms with Gasteiger partial charge in [0.1, 0.15) is 0 Å². The lowest BCUT2D eigenvalue weighted by Crippen LogP contribution is -2.45. The Morgan fingerprint density at radius 1 is 0.137 bits per heavy atom. The van der Waals surface area contributed by atoms with Gasteiger partial charge in [0, 0.05) is 37.2 Å². The summed E-state index contributed by atoms with van der Waals surface area (Å²) in [4.78, 5) is 0. The van der Waals surface area contributed by atoms with Gasteiger partial charge in [-0.05, 0) is 197 Å². The van der Waals surface area contributed by atoms with E-state index in [1.165, 1.54) is 59.2 Å². The lowest BCUT2D eigenvalue weighted by molar-refractivity contribution is -0.0408. The van der Waals surface area contributed by atoms with E-state index in [-0.39, 0.29) is 0 Å². The summed E-state index contributed by atoms with van der Waals surface area (Å²) in [5.41, 5.74) is 0. The number of fused-ring (bicyclic) bond motifs is 13. The highest BCUT2D eigenvalue weighted by atomic mass is 128. The van der Waals surface area contributed by atoms with Crippen molar-refractivity contribution in [2.75, 3.05) is 0 Å². The van der Waals surface area contributed by atoms with Gasteiger partial charge in [-0.15, -0.1) is 0 Å². The van der Waals surface area contributed by atoms with Crippen LogP contribution < -0.4 is 0 Å². The first kappa shape index (κ1) is 80.9. The molecule has 0 aromatic rings. The molecule has 11 saturated carbocycles. The molecular formula is C71H148I2. The van der Waals surface area contributed by atoms with Gasteiger partial charge in [-0.2, -0.15) is 0 Å². The van der Waals surface area contributed by atoms with Crippen LogP contribution in [0.25, 0.3) is 0 Å². The van der Waals surface area contributed by atoms with Crippen molar-refractivity contribution < 1.29 is 0 Å². The molecule has 0 bridgehead atoms. The zero-order valence-electron chi connectivity index (χ0n) is 55.3. The third kappa shape index (κ3) is 26.3. The summed E-state index contributed by atoms with van der Waals surface area (Å²) in [6.07, 6.45) is 52.2. The van der Waals surface area contributed by atoms with Crippen molar-refractivity contribution in [2.45, 2.75) is 364 Å². The van der Waals surface area contributed by atoms with Crippen LogP contribution in [-0.4, -0.2) is 0 Å². The standard InChI is InChI=1S/C18H30.C17H28.C14H24.11C2H6.I2/c1-3-7-15-13(5-1)9-11-18-16-8-4-2-6-14(16)10-12-17(15)18;1-2-6-14-12(4-1)8-10-17-15-7-3-5-13(15)9-11-16(14)17;1-3-7-13-11(5-1)9-10-12-6-2-4-8-14(12)13;12*1-2/h13-18H,1-12H2;12-17H,1-11H2;11-14H,1-10H2;11*1-2H3;. The lowest BCUT2D eigenvalue weighted by atomic mass is 9.51. The molecule has 0 saturated heterocycles. The molecule has 16 atom stereocenters. The predicted octanol–water partition coefficient (Wildman–Crippen LogP) is 27.9. The molecule has 11 aliphatic carbocycles. The summed E-state index contributed by atoms with van der Waals surface area (Å²) in [6.45, 7) is 44.0. The van der Waals surface area contributed by atoms with Crippen LogP contribution in [0, 0.1) is 94.7 Å². The van der Waals surface area contributed by atoms with Crippen molar-refractivity contribution in [3.63, 3.8) is 0 Å². The summed E-state index contributed by atoms with van der Waals surface area (Å²) >= 11 is 4.24.